The van der Waals surface area contributed by atoms with Crippen LogP contribution in [0.5, 0.6) is 5.75 Å². The third-order valence-electron chi connectivity index (χ3n) is 3.06. The minimum absolute atomic E-state index is 0.0247. The third-order valence-corrected chi connectivity index (χ3v) is 3.06. The summed E-state index contributed by atoms with van der Waals surface area (Å²) in [5, 5.41) is 29.1. The van der Waals surface area contributed by atoms with Crippen molar-refractivity contribution in [1.82, 2.24) is 15.2 Å². The fourth-order valence-corrected chi connectivity index (χ4v) is 1.91. The zero-order chi connectivity index (χ0) is 17.0. The molecule has 2 aromatic rings. The molecule has 2 rings (SSSR count). The summed E-state index contributed by atoms with van der Waals surface area (Å²) in [6, 6.07) is 2.64. The molecule has 0 fully saturated rings. The quantitative estimate of drug-likeness (QED) is 0.730. The van der Waals surface area contributed by atoms with Gasteiger partial charge >= 0.3 is 6.18 Å². The lowest BCUT2D eigenvalue weighted by Crippen LogP contribution is -2.09. The number of aliphatic hydroxyl groups excluding tert-OH is 1. The maximum atomic E-state index is 12.6. The summed E-state index contributed by atoms with van der Waals surface area (Å²) >= 11 is 0. The molecule has 0 aliphatic carbocycles. The lowest BCUT2D eigenvalue weighted by Gasteiger charge is -2.11. The molecule has 0 amide bonds. The predicted molar refractivity (Wildman–Crippen MR) is 76.9 cm³/mol. The highest BCUT2D eigenvalue weighted by Crippen LogP contribution is 2.36. The number of rotatable bonds is 5. The number of nitrogens with one attached hydrogen (secondary N) is 1. The van der Waals surface area contributed by atoms with Crippen LogP contribution in [0.4, 0.5) is 19.1 Å². The first-order chi connectivity index (χ1) is 10.8. The second-order valence-electron chi connectivity index (χ2n) is 4.80. The molecule has 124 valence electrons. The molecule has 1 heterocycles. The van der Waals surface area contributed by atoms with Crippen LogP contribution < -0.4 is 5.32 Å². The molecule has 1 aromatic heterocycles. The molecule has 0 atom stereocenters. The third kappa shape index (κ3) is 4.07. The minimum Gasteiger partial charge on any atom is -0.507 e. The van der Waals surface area contributed by atoms with Gasteiger partial charge in [-0.1, -0.05) is 0 Å². The number of alkyl halides is 3. The minimum atomic E-state index is -4.53. The second kappa shape index (κ2) is 6.78. The first kappa shape index (κ1) is 16.9. The molecule has 0 saturated heterocycles. The van der Waals surface area contributed by atoms with Crippen molar-refractivity contribution in [3.05, 3.63) is 29.5 Å². The molecule has 0 saturated carbocycles. The Hall–Kier alpha value is -2.42. The van der Waals surface area contributed by atoms with E-state index in [0.717, 1.165) is 12.1 Å². The van der Waals surface area contributed by atoms with Crippen molar-refractivity contribution >= 4 is 5.95 Å². The van der Waals surface area contributed by atoms with Gasteiger partial charge in [-0.2, -0.15) is 13.2 Å². The van der Waals surface area contributed by atoms with E-state index in [0.29, 0.717) is 24.7 Å². The zero-order valence-electron chi connectivity index (χ0n) is 12.2. The summed E-state index contributed by atoms with van der Waals surface area (Å²) in [5.41, 5.74) is -0.220. The number of benzene rings is 1. The molecular formula is C14H15F3N4O2. The highest BCUT2D eigenvalue weighted by molar-refractivity contribution is 5.69. The van der Waals surface area contributed by atoms with E-state index >= 15 is 0 Å². The molecule has 6 nitrogen and oxygen atoms in total. The van der Waals surface area contributed by atoms with Gasteiger partial charge in [0.2, 0.25) is 5.95 Å². The number of aryl methyl sites for hydroxylation is 1. The molecule has 0 unspecified atom stereocenters. The second-order valence-corrected chi connectivity index (χ2v) is 4.80. The predicted octanol–water partition coefficient (Wildman–Crippen LogP) is 2.37. The maximum Gasteiger partial charge on any atom is 0.416 e. The van der Waals surface area contributed by atoms with Gasteiger partial charge in [0.1, 0.15) is 11.4 Å². The van der Waals surface area contributed by atoms with Gasteiger partial charge in [-0.05, 0) is 31.5 Å². The molecule has 0 bridgehead atoms. The van der Waals surface area contributed by atoms with Crippen LogP contribution in [0.1, 0.15) is 17.7 Å². The Kier molecular flexibility index (Phi) is 4.99. The summed E-state index contributed by atoms with van der Waals surface area (Å²) in [7, 11) is 0. The Bertz CT molecular complexity index is 692. The monoisotopic (exact) mass is 328 g/mol. The van der Waals surface area contributed by atoms with Gasteiger partial charge in [0.25, 0.3) is 0 Å². The van der Waals surface area contributed by atoms with Gasteiger partial charge in [0.05, 0.1) is 11.3 Å². The Balaban J connectivity index is 2.28. The fourth-order valence-electron chi connectivity index (χ4n) is 1.91. The first-order valence-electron chi connectivity index (χ1n) is 6.79. The standard InChI is InChI=1S/C14H15F3N4O2/c1-8-12(20-21-13(19-8)18-5-2-6-22)10-4-3-9(7-11(10)23)14(15,16)17/h3-4,7,22-23H,2,5-6H2,1H3,(H,18,19,21). The van der Waals surface area contributed by atoms with E-state index in [-0.39, 0.29) is 23.8 Å². The van der Waals surface area contributed by atoms with E-state index in [1.807, 2.05) is 0 Å². The van der Waals surface area contributed by atoms with Crippen molar-refractivity contribution in [1.29, 1.82) is 0 Å². The summed E-state index contributed by atoms with van der Waals surface area (Å²) in [4.78, 5) is 4.13. The van der Waals surface area contributed by atoms with E-state index in [4.69, 9.17) is 5.11 Å². The van der Waals surface area contributed by atoms with Crippen LogP contribution in [0.3, 0.4) is 0 Å². The normalized spacial score (nSPS) is 11.5. The Morgan fingerprint density at radius 3 is 2.52 bits per heavy atom. The van der Waals surface area contributed by atoms with Crippen molar-refractivity contribution in [2.24, 2.45) is 0 Å². The molecule has 0 aliphatic heterocycles. The van der Waals surface area contributed by atoms with Crippen molar-refractivity contribution in [3.8, 4) is 17.0 Å². The zero-order valence-corrected chi connectivity index (χ0v) is 12.2. The van der Waals surface area contributed by atoms with E-state index in [1.54, 1.807) is 6.92 Å². The Morgan fingerprint density at radius 2 is 1.96 bits per heavy atom. The summed E-state index contributed by atoms with van der Waals surface area (Å²) < 4.78 is 37.8. The lowest BCUT2D eigenvalue weighted by atomic mass is 10.1. The largest absolute Gasteiger partial charge is 0.507 e. The van der Waals surface area contributed by atoms with E-state index in [2.05, 4.69) is 20.5 Å². The van der Waals surface area contributed by atoms with Gasteiger partial charge in [-0.3, -0.25) is 0 Å². The molecule has 0 aliphatic rings. The fraction of sp³-hybridized carbons (Fsp3) is 0.357. The number of hydrogen-bond acceptors (Lipinski definition) is 6. The summed E-state index contributed by atoms with van der Waals surface area (Å²) in [6.07, 6.45) is -4.01. The summed E-state index contributed by atoms with van der Waals surface area (Å²) in [6.45, 7) is 2.10. The topological polar surface area (TPSA) is 91.2 Å². The van der Waals surface area contributed by atoms with Crippen LogP contribution in [-0.2, 0) is 6.18 Å². The average Bonchev–Trinajstić information content (AvgIpc) is 2.47. The van der Waals surface area contributed by atoms with E-state index < -0.39 is 17.5 Å². The van der Waals surface area contributed by atoms with Crippen LogP contribution in [0.2, 0.25) is 0 Å². The lowest BCUT2D eigenvalue weighted by molar-refractivity contribution is -0.137. The number of phenols is 1. The Morgan fingerprint density at radius 1 is 1.22 bits per heavy atom. The molecular weight excluding hydrogens is 313 g/mol. The number of hydrogen-bond donors (Lipinski definition) is 3. The molecule has 0 radical (unpaired) electrons. The summed E-state index contributed by atoms with van der Waals surface area (Å²) in [5.74, 6) is -0.300. The van der Waals surface area contributed by atoms with Crippen LogP contribution in [0.15, 0.2) is 18.2 Å². The number of nitrogens with zero attached hydrogens (tertiary/aromatic N) is 3. The molecule has 3 N–H and O–H groups in total. The van der Waals surface area contributed by atoms with Gasteiger partial charge in [-0.15, -0.1) is 10.2 Å². The maximum absolute atomic E-state index is 12.6. The number of aromatic nitrogens is 3. The van der Waals surface area contributed by atoms with Crippen LogP contribution >= 0.6 is 0 Å². The molecule has 9 heteroatoms. The van der Waals surface area contributed by atoms with Crippen molar-refractivity contribution in [2.75, 3.05) is 18.5 Å². The highest BCUT2D eigenvalue weighted by Gasteiger charge is 2.31. The van der Waals surface area contributed by atoms with Crippen LogP contribution in [-0.4, -0.2) is 38.5 Å². The first-order valence-corrected chi connectivity index (χ1v) is 6.79. The van der Waals surface area contributed by atoms with E-state index in [9.17, 15) is 18.3 Å². The molecule has 23 heavy (non-hydrogen) atoms. The van der Waals surface area contributed by atoms with Crippen LogP contribution in [0, 0.1) is 6.92 Å². The SMILES string of the molecule is Cc1nc(NCCCO)nnc1-c1ccc(C(F)(F)F)cc1O. The molecule has 1 aromatic carbocycles. The Labute approximate surface area is 130 Å². The number of phenolic OH excluding ortho intramolecular Hbond substituents is 1. The van der Waals surface area contributed by atoms with Gasteiger partial charge in [0.15, 0.2) is 0 Å². The van der Waals surface area contributed by atoms with Crippen molar-refractivity contribution in [2.45, 2.75) is 19.5 Å². The number of aliphatic hydroxyl groups is 1. The molecule has 0 spiro atoms. The van der Waals surface area contributed by atoms with Gasteiger partial charge in [-0.25, -0.2) is 4.98 Å². The number of aromatic hydroxyl groups is 1. The number of halogens is 3. The highest BCUT2D eigenvalue weighted by atomic mass is 19.4. The van der Waals surface area contributed by atoms with Gasteiger partial charge < -0.3 is 15.5 Å². The van der Waals surface area contributed by atoms with Crippen molar-refractivity contribution in [3.63, 3.8) is 0 Å². The number of anilines is 1. The van der Waals surface area contributed by atoms with E-state index in [1.165, 1.54) is 0 Å². The van der Waals surface area contributed by atoms with Gasteiger partial charge in [0, 0.05) is 18.7 Å². The van der Waals surface area contributed by atoms with Crippen LogP contribution in [0.25, 0.3) is 11.3 Å². The average molecular weight is 328 g/mol. The van der Waals surface area contributed by atoms with Crippen molar-refractivity contribution < 1.29 is 23.4 Å². The smallest absolute Gasteiger partial charge is 0.416 e.